The zero-order valence-electron chi connectivity index (χ0n) is 4.98. The van der Waals surface area contributed by atoms with Gasteiger partial charge >= 0.3 is 0 Å². The first-order valence-corrected chi connectivity index (χ1v) is 2.73. The van der Waals surface area contributed by atoms with Crippen LogP contribution in [-0.4, -0.2) is 19.3 Å². The Bertz CT molecular complexity index is 39.4. The largest absolute Gasteiger partial charge is 0.378 e. The lowest BCUT2D eigenvalue weighted by Crippen LogP contribution is -2.41. The number of rotatable bonds is 0. The third-order valence-electron chi connectivity index (χ3n) is 0.664. The molecule has 1 aliphatic heterocycles. The zero-order valence-corrected chi connectivity index (χ0v) is 4.98. The highest BCUT2D eigenvalue weighted by atomic mass is 16.5. The molecule has 0 spiro atoms. The maximum absolute atomic E-state index is 5.25. The van der Waals surface area contributed by atoms with Crippen molar-refractivity contribution in [3.63, 3.8) is 0 Å². The molecule has 0 bridgehead atoms. The van der Waals surface area contributed by atoms with E-state index in [4.69, 9.17) is 10.5 Å². The number of hydrogen-bond donors (Lipinski definition) is 1. The van der Waals surface area contributed by atoms with E-state index >= 15 is 0 Å². The molecule has 2 nitrogen and oxygen atoms in total. The van der Waals surface area contributed by atoms with Crippen molar-refractivity contribution in [2.75, 3.05) is 13.2 Å². The van der Waals surface area contributed by atoms with Crippen LogP contribution in [0.1, 0.15) is 15.3 Å². The van der Waals surface area contributed by atoms with Crippen LogP contribution in [-0.2, 0) is 4.74 Å². The fourth-order valence-corrected chi connectivity index (χ4v) is 0.254. The predicted octanol–water partition coefficient (Wildman–Crippen LogP) is 0.616. The molecule has 1 rings (SSSR count). The van der Waals surface area contributed by atoms with Crippen molar-refractivity contribution < 1.29 is 6.16 Å². The van der Waals surface area contributed by atoms with Gasteiger partial charge in [0.1, 0.15) is 0 Å². The van der Waals surface area contributed by atoms with E-state index in [9.17, 15) is 0 Å². The zero-order chi connectivity index (χ0) is 5.70. The lowest BCUT2D eigenvalue weighted by atomic mass is 10.3. The van der Waals surface area contributed by atoms with Gasteiger partial charge in [-0.1, -0.05) is 13.8 Å². The summed E-state index contributed by atoms with van der Waals surface area (Å²) in [6.07, 6.45) is 0. The van der Waals surface area contributed by atoms with Gasteiger partial charge in [0.05, 0.1) is 19.3 Å². The summed E-state index contributed by atoms with van der Waals surface area (Å²) in [6, 6.07) is 0.343. The Morgan fingerprint density at radius 3 is 1.86 bits per heavy atom. The minimum Gasteiger partial charge on any atom is -0.378 e. The molecular formula is C5H15NO. The average molecular weight is 105 g/mol. The van der Waals surface area contributed by atoms with Crippen molar-refractivity contribution in [3.8, 4) is 0 Å². The van der Waals surface area contributed by atoms with Crippen molar-refractivity contribution >= 4 is 0 Å². The second kappa shape index (κ2) is 4.09. The summed E-state index contributed by atoms with van der Waals surface area (Å²) in [5.74, 6) is 0. The maximum atomic E-state index is 5.25. The van der Waals surface area contributed by atoms with Gasteiger partial charge in [-0.25, -0.2) is 0 Å². The molecule has 2 heteroatoms. The molecule has 2 N–H and O–H groups in total. The average Bonchev–Trinajstić information content (AvgIpc) is 1.68. The van der Waals surface area contributed by atoms with Gasteiger partial charge in [-0.2, -0.15) is 0 Å². The van der Waals surface area contributed by atoms with Crippen LogP contribution in [0.3, 0.4) is 0 Å². The molecule has 46 valence electrons. The van der Waals surface area contributed by atoms with Crippen LogP contribution in [0, 0.1) is 0 Å². The summed E-state index contributed by atoms with van der Waals surface area (Å²) >= 11 is 0. The summed E-state index contributed by atoms with van der Waals surface area (Å²) < 4.78 is 4.71. The standard InChI is InChI=1S/C3H7NO.C2H6.H2/c4-3-1-5-2-3;1-2;/h3H,1-2,4H2;1-2H3;1H. The topological polar surface area (TPSA) is 35.2 Å². The maximum Gasteiger partial charge on any atom is 0.0640 e. The summed E-state index contributed by atoms with van der Waals surface area (Å²) in [5.41, 5.74) is 5.25. The highest BCUT2D eigenvalue weighted by molar-refractivity contribution is 4.65. The first-order valence-electron chi connectivity index (χ1n) is 2.73. The van der Waals surface area contributed by atoms with Crippen LogP contribution in [0.4, 0.5) is 0 Å². The fourth-order valence-electron chi connectivity index (χ4n) is 0.254. The van der Waals surface area contributed by atoms with Crippen molar-refractivity contribution in [1.82, 2.24) is 0 Å². The highest BCUT2D eigenvalue weighted by Gasteiger charge is 2.10. The lowest BCUT2D eigenvalue weighted by Gasteiger charge is -2.20. The number of ether oxygens (including phenoxy) is 1. The Balaban J connectivity index is 0. The van der Waals surface area contributed by atoms with Crippen LogP contribution in [0.15, 0.2) is 0 Å². The fraction of sp³-hybridized carbons (Fsp3) is 1.00. The molecule has 0 aromatic heterocycles. The van der Waals surface area contributed by atoms with E-state index in [1.807, 2.05) is 13.8 Å². The van der Waals surface area contributed by atoms with Crippen LogP contribution < -0.4 is 5.73 Å². The van der Waals surface area contributed by atoms with Crippen molar-refractivity contribution in [3.05, 3.63) is 0 Å². The van der Waals surface area contributed by atoms with Crippen molar-refractivity contribution in [1.29, 1.82) is 0 Å². The Hall–Kier alpha value is -0.0800. The van der Waals surface area contributed by atoms with E-state index in [1.54, 1.807) is 0 Å². The molecule has 0 aliphatic carbocycles. The van der Waals surface area contributed by atoms with E-state index < -0.39 is 0 Å². The molecule has 0 amide bonds. The van der Waals surface area contributed by atoms with Gasteiger partial charge in [-0.05, 0) is 0 Å². The van der Waals surface area contributed by atoms with Crippen LogP contribution in [0.5, 0.6) is 0 Å². The van der Waals surface area contributed by atoms with Gasteiger partial charge in [0, 0.05) is 1.43 Å². The minimum atomic E-state index is 0. The molecule has 1 saturated heterocycles. The Morgan fingerprint density at radius 1 is 1.57 bits per heavy atom. The number of hydrogen-bond acceptors (Lipinski definition) is 2. The molecule has 0 unspecified atom stereocenters. The van der Waals surface area contributed by atoms with E-state index in [0.29, 0.717) is 6.04 Å². The SMILES string of the molecule is CC.NC1COC1.[HH]. The van der Waals surface area contributed by atoms with Crippen molar-refractivity contribution in [2.45, 2.75) is 19.9 Å². The van der Waals surface area contributed by atoms with Gasteiger partial charge in [-0.15, -0.1) is 0 Å². The van der Waals surface area contributed by atoms with Gasteiger partial charge in [0.15, 0.2) is 0 Å². The monoisotopic (exact) mass is 105 g/mol. The summed E-state index contributed by atoms with van der Waals surface area (Å²) in [5, 5.41) is 0. The molecule has 0 radical (unpaired) electrons. The Morgan fingerprint density at radius 2 is 1.86 bits per heavy atom. The molecular weight excluding hydrogens is 90.1 g/mol. The molecule has 1 fully saturated rings. The highest BCUT2D eigenvalue weighted by Crippen LogP contribution is 1.92. The molecule has 0 saturated carbocycles. The first-order chi connectivity index (χ1) is 3.39. The van der Waals surface area contributed by atoms with Crippen LogP contribution in [0.25, 0.3) is 0 Å². The third-order valence-corrected chi connectivity index (χ3v) is 0.664. The second-order valence-electron chi connectivity index (χ2n) is 1.30. The van der Waals surface area contributed by atoms with Gasteiger partial charge in [0.25, 0.3) is 0 Å². The first kappa shape index (κ1) is 6.92. The summed E-state index contributed by atoms with van der Waals surface area (Å²) in [4.78, 5) is 0. The molecule has 0 aromatic rings. The third kappa shape index (κ3) is 2.60. The van der Waals surface area contributed by atoms with E-state index in [1.165, 1.54) is 0 Å². The Kier molecular flexibility index (Phi) is 4.04. The van der Waals surface area contributed by atoms with E-state index in [-0.39, 0.29) is 1.43 Å². The van der Waals surface area contributed by atoms with Gasteiger partial charge < -0.3 is 10.5 Å². The van der Waals surface area contributed by atoms with Gasteiger partial charge in [-0.3, -0.25) is 0 Å². The second-order valence-corrected chi connectivity index (χ2v) is 1.30. The normalized spacial score (nSPS) is 19.3. The molecule has 0 atom stereocenters. The van der Waals surface area contributed by atoms with Gasteiger partial charge in [0.2, 0.25) is 0 Å². The predicted molar refractivity (Wildman–Crippen MR) is 32.3 cm³/mol. The summed E-state index contributed by atoms with van der Waals surface area (Å²) in [7, 11) is 0. The van der Waals surface area contributed by atoms with Crippen LogP contribution in [0.2, 0.25) is 0 Å². The van der Waals surface area contributed by atoms with E-state index in [2.05, 4.69) is 0 Å². The molecule has 0 aromatic carbocycles. The van der Waals surface area contributed by atoms with E-state index in [0.717, 1.165) is 13.2 Å². The molecule has 7 heavy (non-hydrogen) atoms. The van der Waals surface area contributed by atoms with Crippen molar-refractivity contribution in [2.24, 2.45) is 5.73 Å². The Labute approximate surface area is 46.1 Å². The smallest absolute Gasteiger partial charge is 0.0640 e. The molecule has 1 heterocycles. The number of nitrogens with two attached hydrogens (primary N) is 1. The minimum absolute atomic E-state index is 0. The quantitative estimate of drug-likeness (QED) is 0.490. The molecule has 1 aliphatic rings. The summed E-state index contributed by atoms with van der Waals surface area (Å²) in [6.45, 7) is 5.53. The van der Waals surface area contributed by atoms with Crippen LogP contribution >= 0.6 is 0 Å². The lowest BCUT2D eigenvalue weighted by molar-refractivity contribution is 0.0121.